The summed E-state index contributed by atoms with van der Waals surface area (Å²) in [5, 5.41) is 34.7. The Hall–Kier alpha value is -4.31. The molecule has 1 atom stereocenters. The summed E-state index contributed by atoms with van der Waals surface area (Å²) in [6.45, 7) is 2.40. The lowest BCUT2D eigenvalue weighted by atomic mass is 9.78. The first kappa shape index (κ1) is 28.9. The average molecular weight is 512 g/mol. The zero-order valence-corrected chi connectivity index (χ0v) is 21.3. The summed E-state index contributed by atoms with van der Waals surface area (Å²) in [5.74, 6) is -2.00. The molecule has 3 heterocycles. The van der Waals surface area contributed by atoms with Crippen molar-refractivity contribution >= 4 is 11.4 Å². The smallest absolute Gasteiger partial charge is 0.275 e. The third-order valence-electron chi connectivity index (χ3n) is 5.64. The summed E-state index contributed by atoms with van der Waals surface area (Å²) in [6.07, 6.45) is 9.77. The van der Waals surface area contributed by atoms with E-state index in [2.05, 4.69) is 6.92 Å². The first-order chi connectivity index (χ1) is 17.6. The van der Waals surface area contributed by atoms with Gasteiger partial charge in [-0.05, 0) is 42.8 Å². The van der Waals surface area contributed by atoms with Crippen LogP contribution in [0.25, 0.3) is 5.57 Å². The van der Waals surface area contributed by atoms with Gasteiger partial charge in [0, 0.05) is 58.2 Å². The largest absolute Gasteiger partial charge is 0.510 e. The summed E-state index contributed by atoms with van der Waals surface area (Å²) >= 11 is 0. The van der Waals surface area contributed by atoms with Crippen molar-refractivity contribution in [3.8, 4) is 11.5 Å². The van der Waals surface area contributed by atoms with Crippen molar-refractivity contribution in [1.29, 1.82) is 0 Å². The molecule has 0 saturated heterocycles. The van der Waals surface area contributed by atoms with E-state index in [0.29, 0.717) is 12.2 Å². The number of rotatable bonds is 4. The number of aliphatic hydroxyl groups excluding tert-OH is 2. The normalized spacial score (nSPS) is 14.1. The number of carbonyl (C=O) groups excluding carboxylic acids is 1. The lowest BCUT2D eigenvalue weighted by Crippen LogP contribution is -2.30. The van der Waals surface area contributed by atoms with Gasteiger partial charge >= 0.3 is 0 Å². The number of carbonyl (C=O) groups is 1. The maximum atomic E-state index is 12.2. The lowest BCUT2D eigenvalue weighted by molar-refractivity contribution is -0.117. The second-order valence-electron chi connectivity index (χ2n) is 8.39. The number of ketones is 1. The van der Waals surface area contributed by atoms with Gasteiger partial charge < -0.3 is 34.1 Å². The Morgan fingerprint density at radius 2 is 1.32 bits per heavy atom. The van der Waals surface area contributed by atoms with Gasteiger partial charge in [-0.1, -0.05) is 13.3 Å². The molecule has 0 fully saturated rings. The van der Waals surface area contributed by atoms with Crippen molar-refractivity contribution in [1.82, 2.24) is 13.7 Å². The van der Waals surface area contributed by atoms with Gasteiger partial charge in [0.25, 0.3) is 10.9 Å². The molecule has 1 aliphatic rings. The van der Waals surface area contributed by atoms with Crippen LogP contribution in [-0.4, -0.2) is 46.5 Å². The molecule has 0 spiro atoms. The third-order valence-corrected chi connectivity index (χ3v) is 5.64. The topological polar surface area (TPSA) is 147 Å². The van der Waals surface area contributed by atoms with E-state index in [0.717, 1.165) is 24.2 Å². The van der Waals surface area contributed by atoms with Crippen molar-refractivity contribution in [2.24, 2.45) is 21.1 Å². The van der Waals surface area contributed by atoms with Gasteiger partial charge in [0.05, 0.1) is 11.3 Å². The number of Topliss-reactive ketones (excluding diaryl/α,β-unsaturated/α-hetero) is 1. The molecule has 10 heteroatoms. The predicted octanol–water partition coefficient (Wildman–Crippen LogP) is 2.50. The van der Waals surface area contributed by atoms with E-state index in [9.17, 15) is 19.5 Å². The Morgan fingerprint density at radius 1 is 0.784 bits per heavy atom. The van der Waals surface area contributed by atoms with Crippen LogP contribution in [0.3, 0.4) is 0 Å². The molecule has 1 unspecified atom stereocenters. The first-order valence-electron chi connectivity index (χ1n) is 11.7. The van der Waals surface area contributed by atoms with Crippen molar-refractivity contribution in [3.63, 3.8) is 0 Å². The second kappa shape index (κ2) is 13.1. The van der Waals surface area contributed by atoms with Gasteiger partial charge in [0.15, 0.2) is 5.78 Å². The maximum absolute atomic E-state index is 12.2. The number of nitrogens with zero attached hydrogens (tertiary/aromatic N) is 3. The van der Waals surface area contributed by atoms with E-state index in [1.165, 1.54) is 0 Å². The van der Waals surface area contributed by atoms with Gasteiger partial charge in [-0.3, -0.25) is 14.4 Å². The molecule has 10 nitrogen and oxygen atoms in total. The van der Waals surface area contributed by atoms with Crippen LogP contribution in [0.1, 0.15) is 37.1 Å². The van der Waals surface area contributed by atoms with E-state index < -0.39 is 28.3 Å². The molecule has 198 valence electrons. The number of unbranched alkanes of at least 4 members (excludes halogenated alkanes) is 1. The van der Waals surface area contributed by atoms with Crippen LogP contribution in [0.5, 0.6) is 11.5 Å². The van der Waals surface area contributed by atoms with Crippen LogP contribution < -0.4 is 10.9 Å². The number of allylic oxidation sites excluding steroid dienone is 2. The summed E-state index contributed by atoms with van der Waals surface area (Å²) in [6, 6.07) is 11.4. The van der Waals surface area contributed by atoms with Gasteiger partial charge in [-0.25, -0.2) is 0 Å². The van der Waals surface area contributed by atoms with Gasteiger partial charge in [0.2, 0.25) is 11.5 Å². The molecule has 3 aromatic heterocycles. The zero-order chi connectivity index (χ0) is 27.7. The lowest BCUT2D eigenvalue weighted by Gasteiger charge is -2.28. The molecule has 4 N–H and O–H groups in total. The third kappa shape index (κ3) is 6.68. The monoisotopic (exact) mass is 511 g/mol. The Morgan fingerprint density at radius 3 is 1.62 bits per heavy atom. The number of aromatic nitrogens is 3. The van der Waals surface area contributed by atoms with Crippen molar-refractivity contribution in [2.75, 3.05) is 6.61 Å². The van der Waals surface area contributed by atoms with E-state index in [1.807, 2.05) is 96.0 Å². The van der Waals surface area contributed by atoms with E-state index >= 15 is 0 Å². The fourth-order valence-corrected chi connectivity index (χ4v) is 3.43. The molecule has 0 aliphatic heterocycles. The minimum Gasteiger partial charge on any atom is -0.510 e. The Balaban J connectivity index is 0.000000209. The number of aromatic hydroxyl groups is 2. The van der Waals surface area contributed by atoms with Crippen molar-refractivity contribution < 1.29 is 25.2 Å². The minimum atomic E-state index is -1.01. The van der Waals surface area contributed by atoms with E-state index in [4.69, 9.17) is 15.3 Å². The molecule has 0 amide bonds. The quantitative estimate of drug-likeness (QED) is 0.308. The molecule has 5 rings (SSSR count). The van der Waals surface area contributed by atoms with Gasteiger partial charge in [0.1, 0.15) is 11.7 Å². The van der Waals surface area contributed by atoms with Crippen LogP contribution in [0.15, 0.2) is 76.5 Å². The fraction of sp³-hybridized carbons (Fsp3) is 0.296. The number of aliphatic hydroxyl groups is 2. The molecular weight excluding hydrogens is 478 g/mol. The number of hydrogen-bond donors (Lipinski definition) is 4. The Labute approximate surface area is 214 Å². The molecule has 1 aliphatic carbocycles. The molecule has 0 radical (unpaired) electrons. The van der Waals surface area contributed by atoms with E-state index in [1.54, 1.807) is 0 Å². The highest BCUT2D eigenvalue weighted by Crippen LogP contribution is 2.42. The number of hydrogen-bond acceptors (Lipinski definition) is 7. The summed E-state index contributed by atoms with van der Waals surface area (Å²) < 4.78 is 5.70. The highest BCUT2D eigenvalue weighted by molar-refractivity contribution is 6.31. The highest BCUT2D eigenvalue weighted by Gasteiger charge is 2.43. The summed E-state index contributed by atoms with van der Waals surface area (Å²) in [4.78, 5) is 32.1. The summed E-state index contributed by atoms with van der Waals surface area (Å²) in [5.41, 5.74) is 0.0112. The van der Waals surface area contributed by atoms with Crippen LogP contribution in [0.2, 0.25) is 0 Å². The second-order valence-corrected chi connectivity index (χ2v) is 8.39. The molecule has 1 aromatic carbocycles. The standard InChI is InChI=1S/C14H14N2O2.C5H7N.C4H2O4.C4H10O/c1-15-7-3-5-9(15)11-13(17)12(14(11)18)10-6-4-8-16(10)2;1-6-4-2-3-5-6;5-1-2(6)4(8)3(1)7;1-2-3-4-5/h3-8,11,17H,1-2H3;2-5H,1H3;5-6H;5H,2-4H2,1H3. The van der Waals surface area contributed by atoms with Gasteiger partial charge in [-0.2, -0.15) is 0 Å². The first-order valence-corrected chi connectivity index (χ1v) is 11.7. The fourth-order valence-electron chi connectivity index (χ4n) is 3.43. The summed E-state index contributed by atoms with van der Waals surface area (Å²) in [7, 11) is 5.73. The number of aryl methyl sites for hydroxylation is 3. The van der Waals surface area contributed by atoms with E-state index in [-0.39, 0.29) is 11.5 Å². The zero-order valence-electron chi connectivity index (χ0n) is 21.3. The van der Waals surface area contributed by atoms with Crippen molar-refractivity contribution in [3.05, 3.63) is 98.8 Å². The predicted molar refractivity (Wildman–Crippen MR) is 140 cm³/mol. The Kier molecular flexibility index (Phi) is 10.3. The van der Waals surface area contributed by atoms with Crippen LogP contribution in [0.4, 0.5) is 0 Å². The maximum Gasteiger partial charge on any atom is 0.275 e. The molecule has 37 heavy (non-hydrogen) atoms. The SMILES string of the molecule is CCCCO.Cn1cccc1.Cn1cccc1C1=C(O)C(c2cccn2C)C1=O.O=c1c(O)c(O)c1=O. The van der Waals surface area contributed by atoms with Gasteiger partial charge in [-0.15, -0.1) is 0 Å². The van der Waals surface area contributed by atoms with Crippen LogP contribution in [-0.2, 0) is 25.9 Å². The van der Waals surface area contributed by atoms with Crippen LogP contribution in [0, 0.1) is 0 Å². The molecule has 0 bridgehead atoms. The molecule has 4 aromatic rings. The molecular formula is C27H33N3O7. The van der Waals surface area contributed by atoms with Crippen molar-refractivity contribution in [2.45, 2.75) is 25.7 Å². The van der Waals surface area contributed by atoms with Crippen LogP contribution >= 0.6 is 0 Å². The minimum absolute atomic E-state index is 0.0175. The molecule has 0 saturated carbocycles. The average Bonchev–Trinajstić information content (AvgIpc) is 3.64. The Bertz CT molecular complexity index is 1370. The highest BCUT2D eigenvalue weighted by atomic mass is 16.3.